The number of methoxy groups -OCH3 is 1. The molecule has 0 aliphatic heterocycles. The fourth-order valence-corrected chi connectivity index (χ4v) is 2.53. The number of carbonyl (C=O) groups is 3. The third-order valence-corrected chi connectivity index (χ3v) is 3.88. The summed E-state index contributed by atoms with van der Waals surface area (Å²) >= 11 is 0. The van der Waals surface area contributed by atoms with Crippen LogP contribution in [0, 0.1) is 0 Å². The number of nitrogens with zero attached hydrogens (tertiary/aromatic N) is 1. The van der Waals surface area contributed by atoms with Gasteiger partial charge in [-0.05, 0) is 23.8 Å². The normalized spacial score (nSPS) is 10.2. The van der Waals surface area contributed by atoms with Crippen molar-refractivity contribution in [3.05, 3.63) is 65.7 Å². The van der Waals surface area contributed by atoms with E-state index in [1.165, 1.54) is 13.0 Å². The molecule has 0 radical (unpaired) electrons. The Balaban J connectivity index is 1.97. The Morgan fingerprint density at radius 3 is 2.46 bits per heavy atom. The molecule has 0 spiro atoms. The first-order valence-electron chi connectivity index (χ1n) is 8.85. The van der Waals surface area contributed by atoms with Gasteiger partial charge in [0.25, 0.3) is 5.91 Å². The van der Waals surface area contributed by atoms with Crippen LogP contribution in [0.25, 0.3) is 0 Å². The zero-order chi connectivity index (χ0) is 20.4. The molecule has 0 unspecified atom stereocenters. The van der Waals surface area contributed by atoms with Gasteiger partial charge in [0.1, 0.15) is 0 Å². The van der Waals surface area contributed by atoms with Crippen LogP contribution < -0.4 is 5.32 Å². The number of amides is 2. The van der Waals surface area contributed by atoms with E-state index in [1.807, 2.05) is 30.3 Å². The molecular formula is C21H24N2O5. The van der Waals surface area contributed by atoms with Crippen LogP contribution in [0.2, 0.25) is 0 Å². The summed E-state index contributed by atoms with van der Waals surface area (Å²) in [6.07, 6.45) is 0. The van der Waals surface area contributed by atoms with E-state index in [1.54, 1.807) is 30.2 Å². The predicted molar refractivity (Wildman–Crippen MR) is 105 cm³/mol. The molecular weight excluding hydrogens is 360 g/mol. The summed E-state index contributed by atoms with van der Waals surface area (Å²) in [4.78, 5) is 37.5. The molecule has 1 N–H and O–H groups in total. The number of esters is 1. The maximum atomic E-state index is 12.5. The molecule has 0 aliphatic rings. The monoisotopic (exact) mass is 384 g/mol. The maximum absolute atomic E-state index is 12.5. The van der Waals surface area contributed by atoms with E-state index in [9.17, 15) is 14.4 Å². The lowest BCUT2D eigenvalue weighted by atomic mass is 10.2. The van der Waals surface area contributed by atoms with Crippen LogP contribution in [0.1, 0.15) is 22.8 Å². The molecule has 2 amide bonds. The number of benzene rings is 2. The summed E-state index contributed by atoms with van der Waals surface area (Å²) in [5.41, 5.74) is 1.71. The standard InChI is InChI=1S/C21H24N2O5/c1-16(24)22-19-10-6-9-18(13-19)21(26)28-15-20(25)23(11-12-27-2)14-17-7-4-3-5-8-17/h3-10,13H,11-12,14-15H2,1-2H3,(H,22,24). The molecule has 0 aromatic heterocycles. The molecule has 0 saturated heterocycles. The van der Waals surface area contributed by atoms with Crippen molar-refractivity contribution in [1.29, 1.82) is 0 Å². The zero-order valence-electron chi connectivity index (χ0n) is 16.0. The first-order chi connectivity index (χ1) is 13.5. The van der Waals surface area contributed by atoms with Gasteiger partial charge in [0.15, 0.2) is 6.61 Å². The molecule has 0 heterocycles. The van der Waals surface area contributed by atoms with Gasteiger partial charge in [0, 0.05) is 32.8 Å². The van der Waals surface area contributed by atoms with Crippen LogP contribution in [0.4, 0.5) is 5.69 Å². The molecule has 148 valence electrons. The van der Waals surface area contributed by atoms with Crippen molar-refractivity contribution >= 4 is 23.5 Å². The highest BCUT2D eigenvalue weighted by atomic mass is 16.5. The fraction of sp³-hybridized carbons (Fsp3) is 0.286. The minimum Gasteiger partial charge on any atom is -0.452 e. The van der Waals surface area contributed by atoms with E-state index in [0.29, 0.717) is 25.4 Å². The number of hydrogen-bond donors (Lipinski definition) is 1. The molecule has 0 saturated carbocycles. The van der Waals surface area contributed by atoms with Gasteiger partial charge in [-0.25, -0.2) is 4.79 Å². The maximum Gasteiger partial charge on any atom is 0.338 e. The third-order valence-electron chi connectivity index (χ3n) is 3.88. The lowest BCUT2D eigenvalue weighted by Gasteiger charge is -2.22. The smallest absolute Gasteiger partial charge is 0.338 e. The van der Waals surface area contributed by atoms with Crippen LogP contribution in [0.5, 0.6) is 0 Å². The Hall–Kier alpha value is -3.19. The molecule has 2 aromatic rings. The Bertz CT molecular complexity index is 807. The average Bonchev–Trinajstić information content (AvgIpc) is 2.69. The Morgan fingerprint density at radius 1 is 1.04 bits per heavy atom. The topological polar surface area (TPSA) is 84.9 Å². The predicted octanol–water partition coefficient (Wildman–Crippen LogP) is 2.48. The number of ether oxygens (including phenoxy) is 2. The van der Waals surface area contributed by atoms with E-state index < -0.39 is 5.97 Å². The molecule has 0 fully saturated rings. The van der Waals surface area contributed by atoms with Crippen molar-refractivity contribution in [3.63, 3.8) is 0 Å². The lowest BCUT2D eigenvalue weighted by Crippen LogP contribution is -2.36. The highest BCUT2D eigenvalue weighted by Crippen LogP contribution is 2.12. The van der Waals surface area contributed by atoms with Gasteiger partial charge in [-0.15, -0.1) is 0 Å². The minimum absolute atomic E-state index is 0.240. The molecule has 0 aliphatic carbocycles. The van der Waals surface area contributed by atoms with Gasteiger partial charge in [0.05, 0.1) is 12.2 Å². The van der Waals surface area contributed by atoms with Crippen molar-refractivity contribution in [2.75, 3.05) is 32.2 Å². The Labute approximate surface area is 164 Å². The second-order valence-electron chi connectivity index (χ2n) is 6.13. The number of hydrogen-bond acceptors (Lipinski definition) is 5. The number of anilines is 1. The summed E-state index contributed by atoms with van der Waals surface area (Å²) in [6, 6.07) is 15.9. The number of carbonyl (C=O) groups excluding carboxylic acids is 3. The molecule has 7 nitrogen and oxygen atoms in total. The number of nitrogens with one attached hydrogen (secondary N) is 1. The van der Waals surface area contributed by atoms with Crippen molar-refractivity contribution in [1.82, 2.24) is 4.90 Å². The molecule has 2 aromatic carbocycles. The Kier molecular flexibility index (Phi) is 8.17. The highest BCUT2D eigenvalue weighted by molar-refractivity contribution is 5.94. The van der Waals surface area contributed by atoms with Crippen LogP contribution >= 0.6 is 0 Å². The molecule has 2 rings (SSSR count). The summed E-state index contributed by atoms with van der Waals surface area (Å²) in [6.45, 7) is 2.18. The quantitative estimate of drug-likeness (QED) is 0.672. The van der Waals surface area contributed by atoms with E-state index in [0.717, 1.165) is 5.56 Å². The summed E-state index contributed by atoms with van der Waals surface area (Å²) < 4.78 is 10.2. The van der Waals surface area contributed by atoms with E-state index >= 15 is 0 Å². The molecule has 7 heteroatoms. The van der Waals surface area contributed by atoms with Gasteiger partial charge >= 0.3 is 5.97 Å². The first kappa shape index (κ1) is 21.1. The second-order valence-corrected chi connectivity index (χ2v) is 6.13. The van der Waals surface area contributed by atoms with Crippen LogP contribution in [-0.2, 0) is 25.6 Å². The van der Waals surface area contributed by atoms with Crippen LogP contribution in [0.3, 0.4) is 0 Å². The fourth-order valence-electron chi connectivity index (χ4n) is 2.53. The third kappa shape index (κ3) is 6.85. The van der Waals surface area contributed by atoms with Gasteiger partial charge in [-0.1, -0.05) is 36.4 Å². The van der Waals surface area contributed by atoms with E-state index in [-0.39, 0.29) is 24.0 Å². The van der Waals surface area contributed by atoms with E-state index in [2.05, 4.69) is 5.32 Å². The summed E-state index contributed by atoms with van der Waals surface area (Å²) in [7, 11) is 1.56. The van der Waals surface area contributed by atoms with Crippen molar-refractivity contribution in [2.24, 2.45) is 0 Å². The van der Waals surface area contributed by atoms with E-state index in [4.69, 9.17) is 9.47 Å². The molecule has 28 heavy (non-hydrogen) atoms. The molecule has 0 bridgehead atoms. The van der Waals surface area contributed by atoms with Crippen molar-refractivity contribution in [2.45, 2.75) is 13.5 Å². The average molecular weight is 384 g/mol. The Morgan fingerprint density at radius 2 is 1.79 bits per heavy atom. The van der Waals surface area contributed by atoms with Gasteiger partial charge in [-0.3, -0.25) is 9.59 Å². The SMILES string of the molecule is COCCN(Cc1ccccc1)C(=O)COC(=O)c1cccc(NC(C)=O)c1. The van der Waals surface area contributed by atoms with Crippen molar-refractivity contribution in [3.8, 4) is 0 Å². The second kappa shape index (κ2) is 10.8. The van der Waals surface area contributed by atoms with Crippen LogP contribution in [0.15, 0.2) is 54.6 Å². The van der Waals surface area contributed by atoms with Gasteiger partial charge < -0.3 is 19.7 Å². The van der Waals surface area contributed by atoms with Crippen molar-refractivity contribution < 1.29 is 23.9 Å². The zero-order valence-corrected chi connectivity index (χ0v) is 16.0. The summed E-state index contributed by atoms with van der Waals surface area (Å²) in [5.74, 6) is -1.19. The largest absolute Gasteiger partial charge is 0.452 e. The first-order valence-corrected chi connectivity index (χ1v) is 8.85. The van der Waals surface area contributed by atoms with Gasteiger partial charge in [0.2, 0.25) is 5.91 Å². The minimum atomic E-state index is -0.632. The van der Waals surface area contributed by atoms with Gasteiger partial charge in [-0.2, -0.15) is 0 Å². The summed E-state index contributed by atoms with van der Waals surface area (Å²) in [5, 5.41) is 2.60. The number of rotatable bonds is 9. The molecule has 0 atom stereocenters. The van der Waals surface area contributed by atoms with Crippen LogP contribution in [-0.4, -0.2) is 49.6 Å². The highest BCUT2D eigenvalue weighted by Gasteiger charge is 2.17. The lowest BCUT2D eigenvalue weighted by molar-refractivity contribution is -0.135.